The highest BCUT2D eigenvalue weighted by molar-refractivity contribution is 6.30. The fraction of sp³-hybridized carbons (Fsp3) is 0.467. The number of amides is 1. The molecule has 0 aliphatic heterocycles. The van der Waals surface area contributed by atoms with Crippen LogP contribution in [0, 0.1) is 0 Å². The molecule has 116 valence electrons. The molecule has 21 heavy (non-hydrogen) atoms. The Kier molecular flexibility index (Phi) is 7.02. The molecule has 1 aromatic rings. The van der Waals surface area contributed by atoms with Crippen molar-refractivity contribution in [3.63, 3.8) is 0 Å². The fourth-order valence-corrected chi connectivity index (χ4v) is 1.95. The van der Waals surface area contributed by atoms with Crippen LogP contribution in [0.15, 0.2) is 29.3 Å². The lowest BCUT2D eigenvalue weighted by atomic mass is 10.2. The first-order valence-electron chi connectivity index (χ1n) is 6.88. The Morgan fingerprint density at radius 2 is 2.05 bits per heavy atom. The number of carbonyl (C=O) groups is 1. The van der Waals surface area contributed by atoms with Gasteiger partial charge in [-0.3, -0.25) is 4.79 Å². The predicted octanol–water partition coefficient (Wildman–Crippen LogP) is 1.83. The minimum atomic E-state index is -0.0263. The first-order chi connectivity index (χ1) is 9.93. The van der Waals surface area contributed by atoms with Crippen molar-refractivity contribution < 1.29 is 4.79 Å². The van der Waals surface area contributed by atoms with E-state index >= 15 is 0 Å². The van der Waals surface area contributed by atoms with Crippen molar-refractivity contribution in [1.82, 2.24) is 15.1 Å². The van der Waals surface area contributed by atoms with Crippen molar-refractivity contribution in [1.29, 1.82) is 0 Å². The minimum absolute atomic E-state index is 0.0263. The maximum absolute atomic E-state index is 11.6. The number of aliphatic imine (C=N–C) groups is 1. The normalized spacial score (nSPS) is 11.2. The Balaban J connectivity index is 2.74. The van der Waals surface area contributed by atoms with E-state index in [1.807, 2.05) is 43.1 Å². The Morgan fingerprint density at radius 1 is 1.33 bits per heavy atom. The Hall–Kier alpha value is -1.75. The van der Waals surface area contributed by atoms with Crippen LogP contribution in [-0.2, 0) is 11.3 Å². The van der Waals surface area contributed by atoms with Crippen LogP contribution in [0.25, 0.3) is 0 Å². The molecule has 0 saturated carbocycles. The molecular weight excluding hydrogens is 288 g/mol. The molecule has 6 heteroatoms. The molecule has 0 saturated heterocycles. The number of guanidine groups is 1. The summed E-state index contributed by atoms with van der Waals surface area (Å²) in [6.45, 7) is 3.54. The highest BCUT2D eigenvalue weighted by Crippen LogP contribution is 2.12. The van der Waals surface area contributed by atoms with Crippen LogP contribution in [0.4, 0.5) is 0 Å². The van der Waals surface area contributed by atoms with Gasteiger partial charge in [-0.25, -0.2) is 4.99 Å². The molecule has 0 bridgehead atoms. The van der Waals surface area contributed by atoms with Crippen molar-refractivity contribution in [3.05, 3.63) is 34.9 Å². The zero-order valence-electron chi connectivity index (χ0n) is 13.1. The Labute approximate surface area is 131 Å². The topological polar surface area (TPSA) is 47.9 Å². The van der Waals surface area contributed by atoms with Crippen LogP contribution in [0.5, 0.6) is 0 Å². The maximum atomic E-state index is 11.6. The van der Waals surface area contributed by atoms with E-state index in [0.717, 1.165) is 12.1 Å². The lowest BCUT2D eigenvalue weighted by Crippen LogP contribution is -2.39. The quantitative estimate of drug-likeness (QED) is 0.667. The molecule has 5 nitrogen and oxygen atoms in total. The summed E-state index contributed by atoms with van der Waals surface area (Å²) < 4.78 is 0. The first-order valence-corrected chi connectivity index (χ1v) is 7.26. The highest BCUT2D eigenvalue weighted by Gasteiger charge is 2.09. The van der Waals surface area contributed by atoms with Gasteiger partial charge in [-0.15, -0.1) is 0 Å². The lowest BCUT2D eigenvalue weighted by Gasteiger charge is -2.22. The van der Waals surface area contributed by atoms with Gasteiger partial charge >= 0.3 is 0 Å². The van der Waals surface area contributed by atoms with E-state index in [1.54, 1.807) is 14.1 Å². The number of rotatable bonds is 5. The van der Waals surface area contributed by atoms with E-state index in [2.05, 4.69) is 10.3 Å². The Morgan fingerprint density at radius 3 is 2.62 bits per heavy atom. The maximum Gasteiger partial charge on any atom is 0.243 e. The molecular formula is C15H23ClN4O. The smallest absolute Gasteiger partial charge is 0.243 e. The second-order valence-corrected chi connectivity index (χ2v) is 5.38. The molecule has 1 amide bonds. The average Bonchev–Trinajstić information content (AvgIpc) is 2.42. The van der Waals surface area contributed by atoms with E-state index in [1.165, 1.54) is 4.90 Å². The summed E-state index contributed by atoms with van der Waals surface area (Å²) in [4.78, 5) is 19.5. The summed E-state index contributed by atoms with van der Waals surface area (Å²) >= 11 is 5.99. The van der Waals surface area contributed by atoms with E-state index in [9.17, 15) is 4.79 Å². The van der Waals surface area contributed by atoms with Crippen molar-refractivity contribution in [3.8, 4) is 0 Å². The minimum Gasteiger partial charge on any atom is -0.357 e. The van der Waals surface area contributed by atoms with Crippen LogP contribution >= 0.6 is 11.6 Å². The van der Waals surface area contributed by atoms with Gasteiger partial charge in [0.1, 0.15) is 6.54 Å². The molecule has 1 N–H and O–H groups in total. The Bertz CT molecular complexity index is 502. The zero-order chi connectivity index (χ0) is 15.8. The molecule has 1 rings (SSSR count). The number of hydrogen-bond donors (Lipinski definition) is 1. The molecule has 0 spiro atoms. The largest absolute Gasteiger partial charge is 0.357 e. The van der Waals surface area contributed by atoms with Crippen LogP contribution < -0.4 is 5.32 Å². The number of likely N-dealkylation sites (N-methyl/N-ethyl adjacent to an activating group) is 1. The molecule has 1 aromatic carbocycles. The summed E-state index contributed by atoms with van der Waals surface area (Å²) in [7, 11) is 5.38. The number of nitrogens with zero attached hydrogens (tertiary/aromatic N) is 3. The summed E-state index contributed by atoms with van der Waals surface area (Å²) in [5.41, 5.74) is 1.09. The SMILES string of the molecule is CCNC(=NCC(=O)N(C)C)N(C)Cc1cccc(Cl)c1. The number of carbonyl (C=O) groups excluding carboxylic acids is 1. The van der Waals surface area contributed by atoms with E-state index in [-0.39, 0.29) is 12.5 Å². The van der Waals surface area contributed by atoms with Crippen molar-refractivity contribution >= 4 is 23.5 Å². The van der Waals surface area contributed by atoms with Crippen LogP contribution in [-0.4, -0.2) is 55.9 Å². The van der Waals surface area contributed by atoms with Crippen LogP contribution in [0.2, 0.25) is 5.02 Å². The molecule has 0 fully saturated rings. The van der Waals surface area contributed by atoms with Crippen molar-refractivity contribution in [2.75, 3.05) is 34.2 Å². The van der Waals surface area contributed by atoms with Crippen LogP contribution in [0.1, 0.15) is 12.5 Å². The van der Waals surface area contributed by atoms with Crippen molar-refractivity contribution in [2.45, 2.75) is 13.5 Å². The molecule has 0 radical (unpaired) electrons. The second-order valence-electron chi connectivity index (χ2n) is 4.94. The van der Waals surface area contributed by atoms with Gasteiger partial charge in [0.2, 0.25) is 5.91 Å². The third-order valence-electron chi connectivity index (χ3n) is 2.87. The summed E-state index contributed by atoms with van der Waals surface area (Å²) in [6, 6.07) is 7.70. The molecule has 0 aliphatic carbocycles. The average molecular weight is 311 g/mol. The van der Waals surface area contributed by atoms with Crippen molar-refractivity contribution in [2.24, 2.45) is 4.99 Å². The van der Waals surface area contributed by atoms with Gasteiger partial charge < -0.3 is 15.1 Å². The van der Waals surface area contributed by atoms with E-state index < -0.39 is 0 Å². The van der Waals surface area contributed by atoms with Crippen LogP contribution in [0.3, 0.4) is 0 Å². The second kappa shape index (κ2) is 8.52. The number of hydrogen-bond acceptors (Lipinski definition) is 2. The molecule has 0 atom stereocenters. The molecule has 0 heterocycles. The monoisotopic (exact) mass is 310 g/mol. The third kappa shape index (κ3) is 6.04. The van der Waals surface area contributed by atoms with Gasteiger partial charge in [0.05, 0.1) is 0 Å². The highest BCUT2D eigenvalue weighted by atomic mass is 35.5. The van der Waals surface area contributed by atoms with Gasteiger partial charge in [0.25, 0.3) is 0 Å². The molecule has 0 aliphatic rings. The van der Waals surface area contributed by atoms with Gasteiger partial charge in [-0.05, 0) is 24.6 Å². The van der Waals surface area contributed by atoms with E-state index in [4.69, 9.17) is 11.6 Å². The number of benzene rings is 1. The van der Waals surface area contributed by atoms with Gasteiger partial charge in [0.15, 0.2) is 5.96 Å². The first kappa shape index (κ1) is 17.3. The van der Waals surface area contributed by atoms with Gasteiger partial charge in [-0.1, -0.05) is 23.7 Å². The molecule has 0 aromatic heterocycles. The number of nitrogens with one attached hydrogen (secondary N) is 1. The lowest BCUT2D eigenvalue weighted by molar-refractivity contribution is -0.127. The third-order valence-corrected chi connectivity index (χ3v) is 3.10. The fourth-order valence-electron chi connectivity index (χ4n) is 1.74. The summed E-state index contributed by atoms with van der Waals surface area (Å²) in [5, 5.41) is 3.90. The number of halogens is 1. The van der Waals surface area contributed by atoms with Gasteiger partial charge in [0, 0.05) is 39.3 Å². The summed E-state index contributed by atoms with van der Waals surface area (Å²) in [6.07, 6.45) is 0. The standard InChI is InChI=1S/C15H23ClN4O/c1-5-17-15(18-10-14(21)19(2)3)20(4)11-12-7-6-8-13(16)9-12/h6-9H,5,10-11H2,1-4H3,(H,17,18). The zero-order valence-corrected chi connectivity index (χ0v) is 13.8. The predicted molar refractivity (Wildman–Crippen MR) is 87.6 cm³/mol. The molecule has 0 unspecified atom stereocenters. The van der Waals surface area contributed by atoms with Gasteiger partial charge in [-0.2, -0.15) is 0 Å². The summed E-state index contributed by atoms with van der Waals surface area (Å²) in [5.74, 6) is 0.675. The van der Waals surface area contributed by atoms with E-state index in [0.29, 0.717) is 17.5 Å².